The Hall–Kier alpha value is -3.78. The van der Waals surface area contributed by atoms with Gasteiger partial charge in [0, 0.05) is 19.0 Å². The van der Waals surface area contributed by atoms with Crippen molar-refractivity contribution in [2.75, 3.05) is 47.7 Å². The molecule has 0 saturated carbocycles. The minimum Gasteiger partial charge on any atom is -0.493 e. The number of hydrogen-bond donors (Lipinski definition) is 1. The number of alkyl halides is 1. The Morgan fingerprint density at radius 2 is 1.68 bits per heavy atom. The van der Waals surface area contributed by atoms with E-state index in [1.54, 1.807) is 21.3 Å². The number of fused-ring (bicyclic) bond motifs is 2. The molecule has 1 amide bonds. The normalized spacial score (nSPS) is 17.9. The van der Waals surface area contributed by atoms with Gasteiger partial charge >= 0.3 is 0 Å². The van der Waals surface area contributed by atoms with Crippen molar-refractivity contribution in [3.63, 3.8) is 0 Å². The van der Waals surface area contributed by atoms with E-state index >= 15 is 0 Å². The highest BCUT2D eigenvalue weighted by atomic mass is 19.1. The average molecular weight is 563 g/mol. The molecular formula is C33H39FN2O5. The van der Waals surface area contributed by atoms with Crippen molar-refractivity contribution in [3.8, 4) is 23.0 Å². The smallest absolute Gasteiger partial charge is 0.234 e. The number of aryl methyl sites for hydroxylation is 1. The topological polar surface area (TPSA) is 69.3 Å². The van der Waals surface area contributed by atoms with Gasteiger partial charge in [0.2, 0.25) is 5.91 Å². The van der Waals surface area contributed by atoms with Gasteiger partial charge in [-0.1, -0.05) is 30.3 Å². The van der Waals surface area contributed by atoms with Gasteiger partial charge in [-0.15, -0.1) is 0 Å². The second kappa shape index (κ2) is 13.3. The van der Waals surface area contributed by atoms with Crippen LogP contribution in [0.4, 0.5) is 4.39 Å². The molecule has 1 aliphatic carbocycles. The van der Waals surface area contributed by atoms with E-state index in [2.05, 4.69) is 28.4 Å². The highest BCUT2D eigenvalue weighted by Gasteiger charge is 2.32. The summed E-state index contributed by atoms with van der Waals surface area (Å²) in [6, 6.07) is 18.3. The van der Waals surface area contributed by atoms with Crippen LogP contribution in [0.25, 0.3) is 0 Å². The van der Waals surface area contributed by atoms with Gasteiger partial charge in [-0.2, -0.15) is 0 Å². The highest BCUT2D eigenvalue weighted by molar-refractivity contribution is 5.79. The van der Waals surface area contributed by atoms with E-state index in [0.29, 0.717) is 35.8 Å². The molecule has 1 N–H and O–H groups in total. The second-order valence-corrected chi connectivity index (χ2v) is 10.6. The number of ether oxygens (including phenoxy) is 4. The monoisotopic (exact) mass is 562 g/mol. The number of amides is 1. The molecule has 2 atom stereocenters. The Bertz CT molecular complexity index is 1360. The van der Waals surface area contributed by atoms with Crippen LogP contribution in [0.3, 0.4) is 0 Å². The average Bonchev–Trinajstić information content (AvgIpc) is 3.40. The Labute approximate surface area is 241 Å². The Morgan fingerprint density at radius 3 is 2.46 bits per heavy atom. The molecule has 2 unspecified atom stereocenters. The zero-order chi connectivity index (χ0) is 28.8. The summed E-state index contributed by atoms with van der Waals surface area (Å²) in [7, 11) is 4.87. The molecule has 41 heavy (non-hydrogen) atoms. The number of carbonyl (C=O) groups is 1. The fraction of sp³-hybridized carbons (Fsp3) is 0.424. The van der Waals surface area contributed by atoms with E-state index in [0.717, 1.165) is 42.5 Å². The first-order valence-electron chi connectivity index (χ1n) is 14.3. The largest absolute Gasteiger partial charge is 0.493 e. The SMILES string of the molecule is COc1ccc(CC2c3cc(OCCCF)c(OC)cc3CCN2CC(=O)NC2CCc3ccccc32)cc1OC. The van der Waals surface area contributed by atoms with Crippen LogP contribution in [0.15, 0.2) is 54.6 Å². The second-order valence-electron chi connectivity index (χ2n) is 10.6. The number of hydrogen-bond acceptors (Lipinski definition) is 6. The lowest BCUT2D eigenvalue weighted by Gasteiger charge is -2.38. The van der Waals surface area contributed by atoms with Crippen LogP contribution in [-0.2, 0) is 24.1 Å². The summed E-state index contributed by atoms with van der Waals surface area (Å²) in [5, 5.41) is 3.29. The van der Waals surface area contributed by atoms with E-state index < -0.39 is 6.67 Å². The molecule has 0 fully saturated rings. The van der Waals surface area contributed by atoms with Crippen molar-refractivity contribution in [2.24, 2.45) is 0 Å². The van der Waals surface area contributed by atoms with E-state index in [-0.39, 0.29) is 31.1 Å². The summed E-state index contributed by atoms with van der Waals surface area (Å²) in [4.78, 5) is 15.7. The van der Waals surface area contributed by atoms with Crippen LogP contribution in [-0.4, -0.2) is 58.5 Å². The molecule has 0 aromatic heterocycles. The van der Waals surface area contributed by atoms with Gasteiger partial charge in [0.25, 0.3) is 0 Å². The molecular weight excluding hydrogens is 523 g/mol. The van der Waals surface area contributed by atoms with Crippen molar-refractivity contribution < 1.29 is 28.1 Å². The highest BCUT2D eigenvalue weighted by Crippen LogP contribution is 2.40. The minimum absolute atomic E-state index is 0.0143. The Morgan fingerprint density at radius 1 is 0.902 bits per heavy atom. The molecule has 0 spiro atoms. The number of halogens is 1. The summed E-state index contributed by atoms with van der Waals surface area (Å²) in [6.07, 6.45) is 3.64. The predicted molar refractivity (Wildman–Crippen MR) is 156 cm³/mol. The molecule has 8 heteroatoms. The predicted octanol–water partition coefficient (Wildman–Crippen LogP) is 5.40. The number of nitrogens with zero attached hydrogens (tertiary/aromatic N) is 1. The fourth-order valence-electron chi connectivity index (χ4n) is 6.06. The molecule has 5 rings (SSSR count). The van der Waals surface area contributed by atoms with E-state index in [9.17, 15) is 9.18 Å². The third-order valence-electron chi connectivity index (χ3n) is 8.12. The summed E-state index contributed by atoms with van der Waals surface area (Å²) >= 11 is 0. The van der Waals surface area contributed by atoms with Gasteiger partial charge in [-0.25, -0.2) is 0 Å². The Balaban J connectivity index is 1.43. The Kier molecular flexibility index (Phi) is 9.29. The van der Waals surface area contributed by atoms with Crippen molar-refractivity contribution in [2.45, 2.75) is 44.2 Å². The maximum absolute atomic E-state index is 13.4. The number of benzene rings is 3. The maximum atomic E-state index is 13.4. The van der Waals surface area contributed by atoms with Crippen LogP contribution in [0, 0.1) is 0 Å². The lowest BCUT2D eigenvalue weighted by molar-refractivity contribution is -0.123. The van der Waals surface area contributed by atoms with Gasteiger partial charge < -0.3 is 24.3 Å². The molecule has 3 aromatic rings. The third kappa shape index (κ3) is 6.43. The van der Waals surface area contributed by atoms with Crippen molar-refractivity contribution >= 4 is 5.91 Å². The molecule has 2 aliphatic rings. The van der Waals surface area contributed by atoms with Gasteiger partial charge in [0.05, 0.1) is 47.2 Å². The molecule has 1 aliphatic heterocycles. The standard InChI is InChI=1S/C33H39FN2O5/c1-38-29-12-9-22(18-30(29)39-2)17-28-26-20-32(41-16-6-14-34)31(40-3)19-24(26)13-15-36(28)21-33(37)35-27-11-10-23-7-4-5-8-25(23)27/h4-5,7-9,12,18-20,27-28H,6,10-11,13-17,21H2,1-3H3,(H,35,37). The van der Waals surface area contributed by atoms with Crippen molar-refractivity contribution in [1.29, 1.82) is 0 Å². The van der Waals surface area contributed by atoms with Crippen molar-refractivity contribution in [1.82, 2.24) is 10.2 Å². The molecule has 7 nitrogen and oxygen atoms in total. The lowest BCUT2D eigenvalue weighted by Crippen LogP contribution is -2.44. The number of nitrogens with one attached hydrogen (secondary N) is 1. The van der Waals surface area contributed by atoms with Crippen LogP contribution in [0.5, 0.6) is 23.0 Å². The van der Waals surface area contributed by atoms with Crippen LogP contribution < -0.4 is 24.3 Å². The molecule has 0 bridgehead atoms. The zero-order valence-electron chi connectivity index (χ0n) is 24.1. The zero-order valence-corrected chi connectivity index (χ0v) is 24.1. The molecule has 0 saturated heterocycles. The van der Waals surface area contributed by atoms with Gasteiger partial charge in [-0.3, -0.25) is 14.1 Å². The first-order valence-corrected chi connectivity index (χ1v) is 14.3. The first kappa shape index (κ1) is 28.7. The van der Waals surface area contributed by atoms with Crippen LogP contribution in [0.2, 0.25) is 0 Å². The fourth-order valence-corrected chi connectivity index (χ4v) is 6.06. The third-order valence-corrected chi connectivity index (χ3v) is 8.12. The van der Waals surface area contributed by atoms with Crippen molar-refractivity contribution in [3.05, 3.63) is 82.4 Å². The molecule has 1 heterocycles. The van der Waals surface area contributed by atoms with E-state index in [1.807, 2.05) is 36.4 Å². The number of carbonyl (C=O) groups excluding carboxylic acids is 1. The van der Waals surface area contributed by atoms with Gasteiger partial charge in [0.1, 0.15) is 0 Å². The minimum atomic E-state index is -0.441. The first-order chi connectivity index (χ1) is 20.0. The van der Waals surface area contributed by atoms with Gasteiger partial charge in [-0.05, 0) is 77.8 Å². The van der Waals surface area contributed by atoms with Crippen LogP contribution in [0.1, 0.15) is 52.7 Å². The van der Waals surface area contributed by atoms with E-state index in [4.69, 9.17) is 18.9 Å². The number of rotatable bonds is 12. The summed E-state index contributed by atoms with van der Waals surface area (Å²) < 4.78 is 35.4. The summed E-state index contributed by atoms with van der Waals surface area (Å²) in [5.41, 5.74) is 5.83. The molecule has 218 valence electrons. The van der Waals surface area contributed by atoms with Crippen LogP contribution >= 0.6 is 0 Å². The lowest BCUT2D eigenvalue weighted by atomic mass is 9.88. The maximum Gasteiger partial charge on any atom is 0.234 e. The van der Waals surface area contributed by atoms with Gasteiger partial charge in [0.15, 0.2) is 23.0 Å². The van der Waals surface area contributed by atoms with E-state index in [1.165, 1.54) is 11.1 Å². The summed E-state index contributed by atoms with van der Waals surface area (Å²) in [5.74, 6) is 2.57. The molecule has 0 radical (unpaired) electrons. The molecule has 3 aromatic carbocycles. The number of methoxy groups -OCH3 is 3. The quantitative estimate of drug-likeness (QED) is 0.298. The summed E-state index contributed by atoms with van der Waals surface area (Å²) in [6.45, 7) is 0.829.